The predicted octanol–water partition coefficient (Wildman–Crippen LogP) is 2.52. The molecule has 1 N–H and O–H groups in total. The van der Waals surface area contributed by atoms with Gasteiger partial charge in [0.05, 0.1) is 25.3 Å². The maximum Gasteiger partial charge on any atom is 0.309 e. The Kier molecular flexibility index (Phi) is 5.26. The first-order chi connectivity index (χ1) is 13.0. The fraction of sp³-hybridized carbons (Fsp3) is 0.286. The number of carbonyl (C=O) groups is 3. The highest BCUT2D eigenvalue weighted by Gasteiger charge is 2.53. The van der Waals surface area contributed by atoms with Crippen molar-refractivity contribution >= 4 is 23.5 Å². The van der Waals surface area contributed by atoms with E-state index in [-0.39, 0.29) is 24.8 Å². The molecule has 2 aromatic rings. The van der Waals surface area contributed by atoms with Crippen LogP contribution in [-0.2, 0) is 31.2 Å². The Morgan fingerprint density at radius 3 is 2.41 bits per heavy atom. The van der Waals surface area contributed by atoms with Crippen molar-refractivity contribution in [2.45, 2.75) is 32.4 Å². The van der Waals surface area contributed by atoms with E-state index in [0.29, 0.717) is 17.8 Å². The molecule has 1 heterocycles. The summed E-state index contributed by atoms with van der Waals surface area (Å²) in [6, 6.07) is 16.8. The summed E-state index contributed by atoms with van der Waals surface area (Å²) in [5, 5.41) is 2.74. The molecule has 2 amide bonds. The number of rotatable bonds is 6. The van der Waals surface area contributed by atoms with E-state index in [1.807, 2.05) is 42.5 Å². The van der Waals surface area contributed by atoms with Crippen LogP contribution in [0.1, 0.15) is 31.4 Å². The highest BCUT2D eigenvalue weighted by Crippen LogP contribution is 2.43. The molecule has 0 bridgehead atoms. The molecule has 6 nitrogen and oxygen atoms in total. The second-order valence-corrected chi connectivity index (χ2v) is 6.46. The van der Waals surface area contributed by atoms with Crippen LogP contribution in [0.2, 0.25) is 0 Å². The van der Waals surface area contributed by atoms with Crippen LogP contribution in [0.3, 0.4) is 0 Å². The largest absolute Gasteiger partial charge is 0.466 e. The van der Waals surface area contributed by atoms with Crippen molar-refractivity contribution in [3.8, 4) is 0 Å². The zero-order valence-corrected chi connectivity index (χ0v) is 15.4. The number of para-hydroxylation sites is 1. The number of amides is 2. The van der Waals surface area contributed by atoms with E-state index in [4.69, 9.17) is 4.74 Å². The molecular weight excluding hydrogens is 344 g/mol. The summed E-state index contributed by atoms with van der Waals surface area (Å²) in [4.78, 5) is 39.3. The zero-order chi connectivity index (χ0) is 19.4. The molecule has 1 aliphatic heterocycles. The molecule has 0 aliphatic carbocycles. The maximum atomic E-state index is 13.5. The van der Waals surface area contributed by atoms with Gasteiger partial charge in [-0.25, -0.2) is 0 Å². The molecule has 27 heavy (non-hydrogen) atoms. The van der Waals surface area contributed by atoms with Crippen molar-refractivity contribution in [2.75, 3.05) is 11.5 Å². The molecule has 140 valence electrons. The summed E-state index contributed by atoms with van der Waals surface area (Å²) in [6.45, 7) is 3.59. The van der Waals surface area contributed by atoms with Gasteiger partial charge in [0, 0.05) is 12.5 Å². The van der Waals surface area contributed by atoms with Crippen LogP contribution in [0.15, 0.2) is 54.6 Å². The molecule has 0 unspecified atom stereocenters. The summed E-state index contributed by atoms with van der Waals surface area (Å²) in [6.07, 6.45) is -0.248. The maximum absolute atomic E-state index is 13.5. The van der Waals surface area contributed by atoms with Gasteiger partial charge in [-0.1, -0.05) is 48.5 Å². The van der Waals surface area contributed by atoms with Crippen LogP contribution in [0, 0.1) is 0 Å². The molecule has 2 aromatic carbocycles. The van der Waals surface area contributed by atoms with Gasteiger partial charge in [-0.3, -0.25) is 14.4 Å². The van der Waals surface area contributed by atoms with Gasteiger partial charge >= 0.3 is 5.97 Å². The lowest BCUT2D eigenvalue weighted by Crippen LogP contribution is -2.53. The van der Waals surface area contributed by atoms with E-state index < -0.39 is 11.5 Å². The van der Waals surface area contributed by atoms with Gasteiger partial charge in [0.2, 0.25) is 5.91 Å². The Labute approximate surface area is 158 Å². The summed E-state index contributed by atoms with van der Waals surface area (Å²) < 4.78 is 5.07. The molecule has 1 aliphatic rings. The van der Waals surface area contributed by atoms with Crippen LogP contribution in [-0.4, -0.2) is 24.4 Å². The minimum Gasteiger partial charge on any atom is -0.466 e. The van der Waals surface area contributed by atoms with Gasteiger partial charge in [-0.2, -0.15) is 0 Å². The van der Waals surface area contributed by atoms with E-state index in [0.717, 1.165) is 5.56 Å². The van der Waals surface area contributed by atoms with Gasteiger partial charge < -0.3 is 15.0 Å². The van der Waals surface area contributed by atoms with Crippen molar-refractivity contribution in [2.24, 2.45) is 0 Å². The molecule has 0 aromatic heterocycles. The highest BCUT2D eigenvalue weighted by atomic mass is 16.5. The molecule has 0 saturated heterocycles. The van der Waals surface area contributed by atoms with Crippen LogP contribution in [0.25, 0.3) is 0 Å². The van der Waals surface area contributed by atoms with Crippen molar-refractivity contribution in [3.63, 3.8) is 0 Å². The smallest absolute Gasteiger partial charge is 0.309 e. The molecular formula is C21H22N2O4. The number of esters is 1. The Morgan fingerprint density at radius 1 is 1.07 bits per heavy atom. The lowest BCUT2D eigenvalue weighted by molar-refractivity contribution is -0.148. The highest BCUT2D eigenvalue weighted by molar-refractivity contribution is 6.10. The summed E-state index contributed by atoms with van der Waals surface area (Å²) in [7, 11) is 0. The van der Waals surface area contributed by atoms with Gasteiger partial charge in [0.15, 0.2) is 5.54 Å². The third kappa shape index (κ3) is 3.56. The fourth-order valence-electron chi connectivity index (χ4n) is 3.51. The van der Waals surface area contributed by atoms with Crippen molar-refractivity contribution in [1.29, 1.82) is 0 Å². The summed E-state index contributed by atoms with van der Waals surface area (Å²) in [5.41, 5.74) is 0.790. The lowest BCUT2D eigenvalue weighted by atomic mass is 9.87. The number of benzene rings is 2. The second kappa shape index (κ2) is 7.61. The van der Waals surface area contributed by atoms with Crippen LogP contribution >= 0.6 is 0 Å². The average molecular weight is 366 g/mol. The third-order valence-electron chi connectivity index (χ3n) is 4.55. The van der Waals surface area contributed by atoms with E-state index in [1.54, 1.807) is 24.0 Å². The summed E-state index contributed by atoms with van der Waals surface area (Å²) >= 11 is 0. The molecule has 1 atom stereocenters. The van der Waals surface area contributed by atoms with Crippen molar-refractivity contribution in [1.82, 2.24) is 5.32 Å². The normalized spacial score (nSPS) is 18.1. The van der Waals surface area contributed by atoms with Gasteiger partial charge in [-0.15, -0.1) is 0 Å². The number of nitrogens with one attached hydrogen (secondary N) is 1. The van der Waals surface area contributed by atoms with E-state index >= 15 is 0 Å². The fourth-order valence-corrected chi connectivity index (χ4v) is 3.51. The number of carbonyl (C=O) groups excluding carboxylic acids is 3. The number of hydrogen-bond donors (Lipinski definition) is 1. The Bertz CT molecular complexity index is 865. The third-order valence-corrected chi connectivity index (χ3v) is 4.55. The minimum absolute atomic E-state index is 0.207. The van der Waals surface area contributed by atoms with E-state index in [9.17, 15) is 14.4 Å². The molecule has 0 fully saturated rings. The minimum atomic E-state index is -1.45. The van der Waals surface area contributed by atoms with Crippen molar-refractivity contribution < 1.29 is 19.1 Å². The monoisotopic (exact) mass is 366 g/mol. The molecule has 0 saturated carbocycles. The number of fused-ring (bicyclic) bond motifs is 1. The SMILES string of the molecule is CCOC(=O)C[C@@]1(NC(C)=O)C(=O)N(Cc2ccccc2)c2ccccc21. The standard InChI is InChI=1S/C21H22N2O4/c1-3-27-19(25)13-21(22-15(2)24)17-11-7-8-12-18(17)23(20(21)26)14-16-9-5-4-6-10-16/h4-12H,3,13-14H2,1-2H3,(H,22,24)/t21-/m0/s1. The van der Waals surface area contributed by atoms with Crippen LogP contribution in [0.4, 0.5) is 5.69 Å². The number of hydrogen-bond acceptors (Lipinski definition) is 4. The average Bonchev–Trinajstić information content (AvgIpc) is 2.85. The number of nitrogens with zero attached hydrogens (tertiary/aromatic N) is 1. The van der Waals surface area contributed by atoms with Crippen LogP contribution < -0.4 is 10.2 Å². The molecule has 0 spiro atoms. The zero-order valence-electron chi connectivity index (χ0n) is 15.4. The Hall–Kier alpha value is -3.15. The van der Waals surface area contributed by atoms with E-state index in [2.05, 4.69) is 5.32 Å². The van der Waals surface area contributed by atoms with Crippen LogP contribution in [0.5, 0.6) is 0 Å². The predicted molar refractivity (Wildman–Crippen MR) is 101 cm³/mol. The number of anilines is 1. The summed E-state index contributed by atoms with van der Waals surface area (Å²) in [5.74, 6) is -1.25. The number of ether oxygens (including phenoxy) is 1. The topological polar surface area (TPSA) is 75.7 Å². The Balaban J connectivity index is 2.06. The molecule has 3 rings (SSSR count). The molecule has 6 heteroatoms. The first-order valence-electron chi connectivity index (χ1n) is 8.87. The second-order valence-electron chi connectivity index (χ2n) is 6.46. The first-order valence-corrected chi connectivity index (χ1v) is 8.87. The Morgan fingerprint density at radius 2 is 1.74 bits per heavy atom. The van der Waals surface area contributed by atoms with Gasteiger partial charge in [0.1, 0.15) is 0 Å². The lowest BCUT2D eigenvalue weighted by Gasteiger charge is -2.28. The molecule has 0 radical (unpaired) electrons. The van der Waals surface area contributed by atoms with Gasteiger partial charge in [0.25, 0.3) is 5.91 Å². The van der Waals surface area contributed by atoms with Gasteiger partial charge in [-0.05, 0) is 18.6 Å². The quantitative estimate of drug-likeness (QED) is 0.797. The first kappa shape index (κ1) is 18.6. The van der Waals surface area contributed by atoms with E-state index in [1.165, 1.54) is 6.92 Å². The van der Waals surface area contributed by atoms with Crippen molar-refractivity contribution in [3.05, 3.63) is 65.7 Å².